The van der Waals surface area contributed by atoms with E-state index in [1.165, 1.54) is 6.07 Å². The zero-order chi connectivity index (χ0) is 24.1. The van der Waals surface area contributed by atoms with E-state index in [0.717, 1.165) is 42.5 Å². The minimum absolute atomic E-state index is 0.0363. The molecule has 0 spiro atoms. The zero-order valence-corrected chi connectivity index (χ0v) is 19.2. The first-order valence-corrected chi connectivity index (χ1v) is 11.8. The minimum atomic E-state index is -4.45. The van der Waals surface area contributed by atoms with E-state index in [2.05, 4.69) is 15.5 Å². The molecule has 1 aliphatic heterocycles. The number of carbonyl (C=O) groups excluding carboxylic acids is 1. The van der Waals surface area contributed by atoms with Crippen LogP contribution in [-0.4, -0.2) is 41.6 Å². The fraction of sp³-hybridized carbons (Fsp3) is 0.348. The number of ether oxygens (including phenoxy) is 1. The summed E-state index contributed by atoms with van der Waals surface area (Å²) in [6.45, 7) is 3.76. The van der Waals surface area contributed by atoms with Gasteiger partial charge in [-0.2, -0.15) is 13.2 Å². The lowest BCUT2D eigenvalue weighted by Gasteiger charge is -2.23. The molecule has 0 saturated carbocycles. The first-order chi connectivity index (χ1) is 16.3. The number of aromatic nitrogens is 2. The molecule has 2 heterocycles. The lowest BCUT2D eigenvalue weighted by Crippen LogP contribution is -2.22. The maximum atomic E-state index is 13.2. The van der Waals surface area contributed by atoms with Crippen molar-refractivity contribution in [3.05, 3.63) is 48.0 Å². The van der Waals surface area contributed by atoms with Gasteiger partial charge in [0.05, 0.1) is 29.3 Å². The Morgan fingerprint density at radius 2 is 1.88 bits per heavy atom. The van der Waals surface area contributed by atoms with Gasteiger partial charge in [-0.05, 0) is 62.2 Å². The predicted molar refractivity (Wildman–Crippen MR) is 123 cm³/mol. The molecule has 0 unspecified atom stereocenters. The standard InChI is InChI=1S/C23H23F3N4O3S/c1-2-32-17-8-5-15(6-9-17)21-28-29-22(33-21)34-14-20(31)27-18-10-7-16(23(24,25)26)13-19(18)30-11-3-4-12-30/h5-10,13H,2-4,11-12,14H2,1H3,(H,27,31). The molecule has 34 heavy (non-hydrogen) atoms. The monoisotopic (exact) mass is 492 g/mol. The molecule has 1 aromatic heterocycles. The third-order valence-corrected chi connectivity index (χ3v) is 6.01. The molecule has 0 atom stereocenters. The molecule has 0 radical (unpaired) electrons. The Bertz CT molecular complexity index is 1130. The molecule has 1 saturated heterocycles. The van der Waals surface area contributed by atoms with Crippen molar-refractivity contribution < 1.29 is 27.1 Å². The molecule has 0 aliphatic carbocycles. The molecule has 1 N–H and O–H groups in total. The molecule has 2 aromatic carbocycles. The number of nitrogens with zero attached hydrogens (tertiary/aromatic N) is 3. The molecule has 1 amide bonds. The van der Waals surface area contributed by atoms with Crippen LogP contribution in [0.25, 0.3) is 11.5 Å². The van der Waals surface area contributed by atoms with E-state index in [0.29, 0.717) is 42.5 Å². The largest absolute Gasteiger partial charge is 0.494 e. The number of carbonyl (C=O) groups is 1. The Kier molecular flexibility index (Phi) is 7.30. The predicted octanol–water partition coefficient (Wildman–Crippen LogP) is 5.49. The van der Waals surface area contributed by atoms with Gasteiger partial charge in [0.1, 0.15) is 5.75 Å². The van der Waals surface area contributed by atoms with E-state index in [1.807, 2.05) is 11.8 Å². The number of anilines is 2. The number of benzene rings is 2. The average Bonchev–Trinajstić information content (AvgIpc) is 3.51. The van der Waals surface area contributed by atoms with E-state index in [-0.39, 0.29) is 16.9 Å². The van der Waals surface area contributed by atoms with Crippen molar-refractivity contribution in [2.24, 2.45) is 0 Å². The van der Waals surface area contributed by atoms with Crippen LogP contribution in [0.2, 0.25) is 0 Å². The highest BCUT2D eigenvalue weighted by Crippen LogP contribution is 2.37. The molecule has 3 aromatic rings. The Morgan fingerprint density at radius 1 is 1.15 bits per heavy atom. The van der Waals surface area contributed by atoms with Gasteiger partial charge in [0.25, 0.3) is 5.22 Å². The molecule has 7 nitrogen and oxygen atoms in total. The van der Waals surface area contributed by atoms with Gasteiger partial charge in [-0.15, -0.1) is 10.2 Å². The first kappa shape index (κ1) is 23.9. The maximum Gasteiger partial charge on any atom is 0.416 e. The fourth-order valence-corrected chi connectivity index (χ4v) is 4.16. The Labute approximate surface area is 198 Å². The summed E-state index contributed by atoms with van der Waals surface area (Å²) >= 11 is 1.05. The van der Waals surface area contributed by atoms with Crippen LogP contribution in [0.3, 0.4) is 0 Å². The number of thioether (sulfide) groups is 1. The van der Waals surface area contributed by atoms with Crippen LogP contribution >= 0.6 is 11.8 Å². The van der Waals surface area contributed by atoms with Crippen LogP contribution in [0.4, 0.5) is 24.5 Å². The molecular weight excluding hydrogens is 469 g/mol. The third-order valence-electron chi connectivity index (χ3n) is 5.19. The van der Waals surface area contributed by atoms with Crippen molar-refractivity contribution in [2.75, 3.05) is 35.7 Å². The quantitative estimate of drug-likeness (QED) is 0.417. The fourth-order valence-electron chi connectivity index (χ4n) is 3.59. The first-order valence-electron chi connectivity index (χ1n) is 10.8. The summed E-state index contributed by atoms with van der Waals surface area (Å²) < 4.78 is 50.6. The van der Waals surface area contributed by atoms with Crippen molar-refractivity contribution in [3.63, 3.8) is 0 Å². The minimum Gasteiger partial charge on any atom is -0.494 e. The van der Waals surface area contributed by atoms with Gasteiger partial charge in [-0.1, -0.05) is 11.8 Å². The second kappa shape index (κ2) is 10.4. The van der Waals surface area contributed by atoms with E-state index in [9.17, 15) is 18.0 Å². The lowest BCUT2D eigenvalue weighted by molar-refractivity contribution is -0.137. The van der Waals surface area contributed by atoms with Crippen LogP contribution in [0.1, 0.15) is 25.3 Å². The van der Waals surface area contributed by atoms with Crippen LogP contribution in [0.5, 0.6) is 5.75 Å². The number of amides is 1. The van der Waals surface area contributed by atoms with E-state index in [4.69, 9.17) is 9.15 Å². The summed E-state index contributed by atoms with van der Waals surface area (Å²) in [6, 6.07) is 10.6. The summed E-state index contributed by atoms with van der Waals surface area (Å²) in [4.78, 5) is 14.4. The van der Waals surface area contributed by atoms with Crippen LogP contribution in [-0.2, 0) is 11.0 Å². The molecule has 1 fully saturated rings. The molecular formula is C23H23F3N4O3S. The average molecular weight is 493 g/mol. The molecule has 4 rings (SSSR count). The van der Waals surface area contributed by atoms with Crippen molar-refractivity contribution in [1.82, 2.24) is 10.2 Å². The van der Waals surface area contributed by atoms with Gasteiger partial charge in [0, 0.05) is 18.7 Å². The molecule has 11 heteroatoms. The van der Waals surface area contributed by atoms with E-state index in [1.54, 1.807) is 24.3 Å². The van der Waals surface area contributed by atoms with Crippen molar-refractivity contribution in [1.29, 1.82) is 0 Å². The summed E-state index contributed by atoms with van der Waals surface area (Å²) in [5.74, 6) is 0.621. The lowest BCUT2D eigenvalue weighted by atomic mass is 10.1. The Hall–Kier alpha value is -3.21. The van der Waals surface area contributed by atoms with Gasteiger partial charge in [0.15, 0.2) is 0 Å². The van der Waals surface area contributed by atoms with E-state index >= 15 is 0 Å². The maximum absolute atomic E-state index is 13.2. The molecule has 0 bridgehead atoms. The highest BCUT2D eigenvalue weighted by molar-refractivity contribution is 7.99. The normalized spacial score (nSPS) is 13.8. The Morgan fingerprint density at radius 3 is 2.56 bits per heavy atom. The number of hydrogen-bond donors (Lipinski definition) is 1. The SMILES string of the molecule is CCOc1ccc(-c2nnc(SCC(=O)Nc3ccc(C(F)(F)F)cc3N3CCCC3)o2)cc1. The van der Waals surface area contributed by atoms with Crippen LogP contribution in [0, 0.1) is 0 Å². The number of rotatable bonds is 8. The van der Waals surface area contributed by atoms with Crippen molar-refractivity contribution in [3.8, 4) is 17.2 Å². The molecule has 1 aliphatic rings. The van der Waals surface area contributed by atoms with Crippen molar-refractivity contribution in [2.45, 2.75) is 31.2 Å². The van der Waals surface area contributed by atoms with E-state index < -0.39 is 11.7 Å². The number of nitrogens with one attached hydrogen (secondary N) is 1. The van der Waals surface area contributed by atoms with Gasteiger partial charge in [-0.3, -0.25) is 4.79 Å². The van der Waals surface area contributed by atoms with Crippen LogP contribution in [0.15, 0.2) is 52.1 Å². The van der Waals surface area contributed by atoms with Gasteiger partial charge < -0.3 is 19.4 Å². The zero-order valence-electron chi connectivity index (χ0n) is 18.4. The summed E-state index contributed by atoms with van der Waals surface area (Å²) in [5.41, 5.74) is 0.698. The summed E-state index contributed by atoms with van der Waals surface area (Å²) in [5, 5.41) is 10.9. The topological polar surface area (TPSA) is 80.5 Å². The Balaban J connectivity index is 1.39. The highest BCUT2D eigenvalue weighted by Gasteiger charge is 2.32. The van der Waals surface area contributed by atoms with Gasteiger partial charge in [0.2, 0.25) is 11.8 Å². The number of halogens is 3. The van der Waals surface area contributed by atoms with Gasteiger partial charge >= 0.3 is 6.18 Å². The summed E-state index contributed by atoms with van der Waals surface area (Å²) in [6.07, 6.45) is -2.66. The second-order valence-corrected chi connectivity index (χ2v) is 8.52. The summed E-state index contributed by atoms with van der Waals surface area (Å²) in [7, 11) is 0. The van der Waals surface area contributed by atoms with Crippen molar-refractivity contribution >= 4 is 29.0 Å². The number of alkyl halides is 3. The number of hydrogen-bond acceptors (Lipinski definition) is 7. The second-order valence-electron chi connectivity index (χ2n) is 7.59. The van der Waals surface area contributed by atoms with Crippen LogP contribution < -0.4 is 15.0 Å². The van der Waals surface area contributed by atoms with Gasteiger partial charge in [-0.25, -0.2) is 0 Å². The highest BCUT2D eigenvalue weighted by atomic mass is 32.2. The third kappa shape index (κ3) is 5.82. The molecule has 180 valence electrons. The smallest absolute Gasteiger partial charge is 0.416 e.